The van der Waals surface area contributed by atoms with Crippen LogP contribution in [0, 0.1) is 12.8 Å². The van der Waals surface area contributed by atoms with E-state index in [9.17, 15) is 13.2 Å². The summed E-state index contributed by atoms with van der Waals surface area (Å²) >= 11 is 0. The molecule has 0 aromatic heterocycles. The number of aryl methyl sites for hydroxylation is 1. The third-order valence-corrected chi connectivity index (χ3v) is 6.09. The molecule has 1 fully saturated rings. The van der Waals surface area contributed by atoms with Crippen LogP contribution in [0.15, 0.2) is 59.5 Å². The Morgan fingerprint density at radius 3 is 2.33 bits per heavy atom. The van der Waals surface area contributed by atoms with E-state index in [1.807, 2.05) is 30.3 Å². The number of rotatable bonds is 6. The summed E-state index contributed by atoms with van der Waals surface area (Å²) in [6, 6.07) is 16.4. The van der Waals surface area contributed by atoms with Gasteiger partial charge in [-0.15, -0.1) is 0 Å². The highest BCUT2D eigenvalue weighted by molar-refractivity contribution is 7.92. The van der Waals surface area contributed by atoms with Gasteiger partial charge in [0.2, 0.25) is 5.91 Å². The van der Waals surface area contributed by atoms with Crippen LogP contribution in [0.4, 0.5) is 0 Å². The van der Waals surface area contributed by atoms with Crippen LogP contribution in [0.25, 0.3) is 0 Å². The number of hydrogen-bond donors (Lipinski definition) is 1. The highest BCUT2D eigenvalue weighted by Crippen LogP contribution is 2.40. The number of hydrogen-bond acceptors (Lipinski definition) is 3. The maximum absolute atomic E-state index is 12.5. The first-order valence-electron chi connectivity index (χ1n) is 8.10. The molecule has 0 bridgehead atoms. The molecular weight excluding hydrogens is 322 g/mol. The molecule has 2 aromatic carbocycles. The lowest BCUT2D eigenvalue weighted by Crippen LogP contribution is -2.34. The molecular formula is C19H21NO3S. The molecule has 4 nitrogen and oxygen atoms in total. The summed E-state index contributed by atoms with van der Waals surface area (Å²) < 4.78 is 25.0. The Balaban J connectivity index is 1.74. The lowest BCUT2D eigenvalue weighted by Gasteiger charge is -2.19. The topological polar surface area (TPSA) is 63.2 Å². The van der Waals surface area contributed by atoms with Crippen LogP contribution in [-0.4, -0.2) is 20.1 Å². The second-order valence-corrected chi connectivity index (χ2v) is 8.28. The molecule has 0 spiro atoms. The van der Waals surface area contributed by atoms with E-state index in [1.165, 1.54) is 0 Å². The number of carbonyl (C=O) groups excluding carboxylic acids is 1. The van der Waals surface area contributed by atoms with Gasteiger partial charge in [-0.05, 0) is 42.9 Å². The largest absolute Gasteiger partial charge is 0.348 e. The molecule has 126 valence electrons. The molecule has 1 aliphatic rings. The van der Waals surface area contributed by atoms with Crippen molar-refractivity contribution in [1.82, 2.24) is 5.32 Å². The van der Waals surface area contributed by atoms with E-state index in [0.29, 0.717) is 11.5 Å². The molecule has 5 heteroatoms. The van der Waals surface area contributed by atoms with Crippen molar-refractivity contribution in [1.29, 1.82) is 0 Å². The van der Waals surface area contributed by atoms with Crippen LogP contribution in [0.1, 0.15) is 30.0 Å². The van der Waals surface area contributed by atoms with Gasteiger partial charge in [0.15, 0.2) is 9.84 Å². The molecule has 1 aliphatic carbocycles. The van der Waals surface area contributed by atoms with Crippen LogP contribution in [-0.2, 0) is 14.6 Å². The third-order valence-electron chi connectivity index (χ3n) is 4.32. The number of nitrogens with one attached hydrogen (secondary N) is 1. The van der Waals surface area contributed by atoms with Gasteiger partial charge in [-0.3, -0.25) is 4.79 Å². The molecule has 2 aromatic rings. The normalized spacial score (nSPS) is 15.7. The van der Waals surface area contributed by atoms with Gasteiger partial charge in [-0.1, -0.05) is 48.5 Å². The highest BCUT2D eigenvalue weighted by atomic mass is 32.2. The van der Waals surface area contributed by atoms with Gasteiger partial charge in [0.05, 0.1) is 10.9 Å². The summed E-state index contributed by atoms with van der Waals surface area (Å²) in [5, 5.41) is 2.92. The maximum atomic E-state index is 12.5. The second kappa shape index (κ2) is 6.77. The van der Waals surface area contributed by atoms with Gasteiger partial charge in [0.25, 0.3) is 0 Å². The molecule has 0 heterocycles. The second-order valence-electron chi connectivity index (χ2n) is 6.32. The van der Waals surface area contributed by atoms with E-state index in [0.717, 1.165) is 18.4 Å². The lowest BCUT2D eigenvalue weighted by molar-refractivity contribution is -0.119. The van der Waals surface area contributed by atoms with Crippen molar-refractivity contribution in [3.05, 3.63) is 65.7 Å². The standard InChI is InChI=1S/C19H21NO3S/c1-14-7-5-6-10-17(14)24(22,23)13-18(21)20-19(16-11-12-16)15-8-3-2-4-9-15/h2-10,16,19H,11-13H2,1H3,(H,20,21). The molecule has 1 amide bonds. The zero-order valence-electron chi connectivity index (χ0n) is 13.6. The third kappa shape index (κ3) is 3.85. The summed E-state index contributed by atoms with van der Waals surface area (Å²) in [4.78, 5) is 12.6. The molecule has 3 rings (SSSR count). The monoisotopic (exact) mass is 343 g/mol. The molecule has 0 aliphatic heterocycles. The predicted octanol–water partition coefficient (Wildman–Crippen LogP) is 3.04. The minimum Gasteiger partial charge on any atom is -0.348 e. The minimum absolute atomic E-state index is 0.106. The van der Waals surface area contributed by atoms with Gasteiger partial charge in [0, 0.05) is 0 Å². The van der Waals surface area contributed by atoms with E-state index >= 15 is 0 Å². The first-order chi connectivity index (χ1) is 11.5. The highest BCUT2D eigenvalue weighted by Gasteiger charge is 2.34. The molecule has 0 radical (unpaired) electrons. The van der Waals surface area contributed by atoms with E-state index in [1.54, 1.807) is 31.2 Å². The van der Waals surface area contributed by atoms with Crippen molar-refractivity contribution in [2.24, 2.45) is 5.92 Å². The van der Waals surface area contributed by atoms with Gasteiger partial charge in [-0.2, -0.15) is 0 Å². The van der Waals surface area contributed by atoms with Crippen molar-refractivity contribution in [2.75, 3.05) is 5.75 Å². The Morgan fingerprint density at radius 2 is 1.71 bits per heavy atom. The van der Waals surface area contributed by atoms with Crippen LogP contribution < -0.4 is 5.32 Å². The van der Waals surface area contributed by atoms with Crippen LogP contribution >= 0.6 is 0 Å². The van der Waals surface area contributed by atoms with Gasteiger partial charge in [0.1, 0.15) is 5.75 Å². The number of sulfone groups is 1. The van der Waals surface area contributed by atoms with Crippen molar-refractivity contribution in [3.63, 3.8) is 0 Å². The van der Waals surface area contributed by atoms with Crippen molar-refractivity contribution >= 4 is 15.7 Å². The fourth-order valence-electron chi connectivity index (χ4n) is 2.93. The summed E-state index contributed by atoms with van der Waals surface area (Å²) in [5.41, 5.74) is 1.69. The summed E-state index contributed by atoms with van der Waals surface area (Å²) in [6.07, 6.45) is 2.12. The van der Waals surface area contributed by atoms with Crippen LogP contribution in [0.2, 0.25) is 0 Å². The average molecular weight is 343 g/mol. The van der Waals surface area contributed by atoms with Crippen molar-refractivity contribution in [3.8, 4) is 0 Å². The van der Waals surface area contributed by atoms with Gasteiger partial charge in [-0.25, -0.2) is 8.42 Å². The smallest absolute Gasteiger partial charge is 0.236 e. The zero-order chi connectivity index (χ0) is 17.2. The quantitative estimate of drug-likeness (QED) is 0.877. The fourth-order valence-corrected chi connectivity index (χ4v) is 4.36. The first-order valence-corrected chi connectivity index (χ1v) is 9.75. The Bertz CT molecular complexity index is 827. The molecule has 1 N–H and O–H groups in total. The van der Waals surface area contributed by atoms with Crippen molar-refractivity contribution in [2.45, 2.75) is 30.7 Å². The van der Waals surface area contributed by atoms with E-state index in [2.05, 4.69) is 5.32 Å². The van der Waals surface area contributed by atoms with E-state index in [4.69, 9.17) is 0 Å². The Kier molecular flexibility index (Phi) is 4.71. The lowest BCUT2D eigenvalue weighted by atomic mass is 10.0. The minimum atomic E-state index is -3.64. The molecule has 1 unspecified atom stereocenters. The Labute approximate surface area is 142 Å². The van der Waals surface area contributed by atoms with Crippen molar-refractivity contribution < 1.29 is 13.2 Å². The predicted molar refractivity (Wildman–Crippen MR) is 93.3 cm³/mol. The zero-order valence-corrected chi connectivity index (χ0v) is 14.4. The SMILES string of the molecule is Cc1ccccc1S(=O)(=O)CC(=O)NC(c1ccccc1)C1CC1. The molecule has 1 atom stereocenters. The van der Waals surface area contributed by atoms with Crippen LogP contribution in [0.5, 0.6) is 0 Å². The Hall–Kier alpha value is -2.14. The molecule has 1 saturated carbocycles. The number of carbonyl (C=O) groups is 1. The summed E-state index contributed by atoms with van der Waals surface area (Å²) in [5.74, 6) is -0.565. The maximum Gasteiger partial charge on any atom is 0.236 e. The number of benzene rings is 2. The fraction of sp³-hybridized carbons (Fsp3) is 0.316. The van der Waals surface area contributed by atoms with E-state index < -0.39 is 21.5 Å². The number of amides is 1. The molecule has 0 saturated heterocycles. The first kappa shape index (κ1) is 16.7. The average Bonchev–Trinajstić information content (AvgIpc) is 3.38. The van der Waals surface area contributed by atoms with Gasteiger partial charge >= 0.3 is 0 Å². The van der Waals surface area contributed by atoms with Crippen LogP contribution in [0.3, 0.4) is 0 Å². The van der Waals surface area contributed by atoms with Gasteiger partial charge < -0.3 is 5.32 Å². The Morgan fingerprint density at radius 1 is 1.08 bits per heavy atom. The summed E-state index contributed by atoms with van der Waals surface area (Å²) in [6.45, 7) is 1.74. The molecule has 24 heavy (non-hydrogen) atoms. The summed E-state index contributed by atoms with van der Waals surface area (Å²) in [7, 11) is -3.64. The van der Waals surface area contributed by atoms with E-state index in [-0.39, 0.29) is 10.9 Å².